The van der Waals surface area contributed by atoms with Crippen LogP contribution in [0.15, 0.2) is 11.9 Å². The number of Topliss-reactive ketones (excluding diaryl/α,β-unsaturated/α-hetero) is 1. The van der Waals surface area contributed by atoms with Crippen molar-refractivity contribution in [2.45, 2.75) is 6.42 Å². The molecule has 0 aromatic heterocycles. The van der Waals surface area contributed by atoms with Crippen molar-refractivity contribution in [2.75, 3.05) is 6.54 Å². The zero-order valence-electron chi connectivity index (χ0n) is 4.48. The Morgan fingerprint density at radius 1 is 1.75 bits per heavy atom. The van der Waals surface area contributed by atoms with Crippen molar-refractivity contribution in [3.63, 3.8) is 0 Å². The fraction of sp³-hybridized carbons (Fsp3) is 0.400. The molecule has 3 N–H and O–H groups in total. The molecular formula is C5H8N2O. The summed E-state index contributed by atoms with van der Waals surface area (Å²) in [7, 11) is 0. The zero-order valence-corrected chi connectivity index (χ0v) is 4.48. The largest absolute Gasteiger partial charge is 0.403 e. The van der Waals surface area contributed by atoms with Crippen LogP contribution < -0.4 is 11.1 Å². The molecule has 0 unspecified atom stereocenters. The summed E-state index contributed by atoms with van der Waals surface area (Å²) in [5.74, 6) is 0.118. The van der Waals surface area contributed by atoms with Gasteiger partial charge in [0.1, 0.15) is 0 Å². The monoisotopic (exact) mass is 112 g/mol. The first kappa shape index (κ1) is 5.15. The second-order valence-corrected chi connectivity index (χ2v) is 1.68. The van der Waals surface area contributed by atoms with Crippen LogP contribution >= 0.6 is 0 Å². The summed E-state index contributed by atoms with van der Waals surface area (Å²) in [5, 5.41) is 2.84. The Morgan fingerprint density at radius 3 is 2.75 bits per heavy atom. The topological polar surface area (TPSA) is 55.1 Å². The first-order valence-corrected chi connectivity index (χ1v) is 2.53. The third-order valence-corrected chi connectivity index (χ3v) is 1.13. The van der Waals surface area contributed by atoms with Crippen molar-refractivity contribution in [3.05, 3.63) is 11.9 Å². The summed E-state index contributed by atoms with van der Waals surface area (Å²) in [4.78, 5) is 10.6. The lowest BCUT2D eigenvalue weighted by Gasteiger charge is -1.89. The van der Waals surface area contributed by atoms with E-state index < -0.39 is 0 Å². The van der Waals surface area contributed by atoms with Crippen LogP contribution in [0.3, 0.4) is 0 Å². The molecule has 0 aliphatic carbocycles. The molecule has 1 aliphatic heterocycles. The fourth-order valence-corrected chi connectivity index (χ4v) is 0.696. The number of hydrogen-bond acceptors (Lipinski definition) is 3. The molecular weight excluding hydrogens is 104 g/mol. The number of carbonyl (C=O) groups excluding carboxylic acids is 1. The van der Waals surface area contributed by atoms with Crippen LogP contribution in [0, 0.1) is 0 Å². The second-order valence-electron chi connectivity index (χ2n) is 1.68. The smallest absolute Gasteiger partial charge is 0.181 e. The first-order valence-electron chi connectivity index (χ1n) is 2.53. The van der Waals surface area contributed by atoms with E-state index in [1.807, 2.05) is 0 Å². The van der Waals surface area contributed by atoms with Crippen LogP contribution in [0.4, 0.5) is 0 Å². The van der Waals surface area contributed by atoms with Gasteiger partial charge < -0.3 is 11.1 Å². The van der Waals surface area contributed by atoms with Crippen molar-refractivity contribution >= 4 is 5.78 Å². The highest BCUT2D eigenvalue weighted by Gasteiger charge is 2.14. The summed E-state index contributed by atoms with van der Waals surface area (Å²) in [6.07, 6.45) is 1.90. The molecule has 3 nitrogen and oxygen atoms in total. The molecule has 1 saturated heterocycles. The van der Waals surface area contributed by atoms with Gasteiger partial charge in [0.05, 0.1) is 5.70 Å². The average Bonchev–Trinajstić information content (AvgIpc) is 2.14. The van der Waals surface area contributed by atoms with Crippen LogP contribution in [0.1, 0.15) is 6.42 Å². The highest BCUT2D eigenvalue weighted by Crippen LogP contribution is 2.00. The van der Waals surface area contributed by atoms with E-state index in [1.165, 1.54) is 6.20 Å². The van der Waals surface area contributed by atoms with E-state index in [0.717, 1.165) is 6.54 Å². The van der Waals surface area contributed by atoms with Gasteiger partial charge in [-0.1, -0.05) is 0 Å². The third-order valence-electron chi connectivity index (χ3n) is 1.13. The van der Waals surface area contributed by atoms with E-state index in [1.54, 1.807) is 0 Å². The van der Waals surface area contributed by atoms with E-state index in [0.29, 0.717) is 12.1 Å². The molecule has 0 radical (unpaired) electrons. The Morgan fingerprint density at radius 2 is 2.50 bits per heavy atom. The zero-order chi connectivity index (χ0) is 5.98. The summed E-state index contributed by atoms with van der Waals surface area (Å²) >= 11 is 0. The van der Waals surface area contributed by atoms with Crippen molar-refractivity contribution in [1.82, 2.24) is 5.32 Å². The number of ketones is 1. The van der Waals surface area contributed by atoms with Crippen LogP contribution in [-0.4, -0.2) is 12.3 Å². The van der Waals surface area contributed by atoms with E-state index in [4.69, 9.17) is 5.73 Å². The van der Waals surface area contributed by atoms with Crippen LogP contribution in [-0.2, 0) is 4.79 Å². The van der Waals surface area contributed by atoms with Crippen molar-refractivity contribution in [2.24, 2.45) is 5.73 Å². The Hall–Kier alpha value is -0.990. The highest BCUT2D eigenvalue weighted by atomic mass is 16.1. The predicted octanol–water partition coefficient (Wildman–Crippen LogP) is -0.651. The molecule has 44 valence electrons. The minimum atomic E-state index is 0.118. The van der Waals surface area contributed by atoms with E-state index >= 15 is 0 Å². The number of nitrogens with one attached hydrogen (secondary N) is 1. The quantitative estimate of drug-likeness (QED) is 0.409. The van der Waals surface area contributed by atoms with Gasteiger partial charge in [-0.2, -0.15) is 0 Å². The SMILES string of the molecule is NC=C1NCCC1=O. The molecule has 0 atom stereocenters. The van der Waals surface area contributed by atoms with Gasteiger partial charge in [-0.05, 0) is 0 Å². The molecule has 1 rings (SSSR count). The van der Waals surface area contributed by atoms with E-state index in [-0.39, 0.29) is 5.78 Å². The number of rotatable bonds is 0. The maximum absolute atomic E-state index is 10.6. The maximum atomic E-state index is 10.6. The highest BCUT2D eigenvalue weighted by molar-refractivity contribution is 5.96. The van der Waals surface area contributed by atoms with Gasteiger partial charge in [0.2, 0.25) is 0 Å². The Kier molecular flexibility index (Phi) is 1.20. The van der Waals surface area contributed by atoms with E-state index in [2.05, 4.69) is 5.32 Å². The summed E-state index contributed by atoms with van der Waals surface area (Å²) in [6, 6.07) is 0. The molecule has 1 aliphatic rings. The number of carbonyl (C=O) groups is 1. The molecule has 0 aromatic rings. The molecule has 1 heterocycles. The van der Waals surface area contributed by atoms with Crippen molar-refractivity contribution < 1.29 is 4.79 Å². The Bertz CT molecular complexity index is 139. The summed E-state index contributed by atoms with van der Waals surface area (Å²) in [5.41, 5.74) is 5.64. The van der Waals surface area contributed by atoms with Gasteiger partial charge in [-0.25, -0.2) is 0 Å². The third kappa shape index (κ3) is 0.665. The first-order chi connectivity index (χ1) is 3.84. The van der Waals surface area contributed by atoms with Crippen LogP contribution in [0.2, 0.25) is 0 Å². The lowest BCUT2D eigenvalue weighted by atomic mass is 10.3. The van der Waals surface area contributed by atoms with Gasteiger partial charge in [-0.15, -0.1) is 0 Å². The molecule has 8 heavy (non-hydrogen) atoms. The summed E-state index contributed by atoms with van der Waals surface area (Å²) in [6.45, 7) is 0.738. The molecule has 0 spiro atoms. The number of allylic oxidation sites excluding steroid dienone is 1. The Labute approximate surface area is 47.6 Å². The van der Waals surface area contributed by atoms with Crippen LogP contribution in [0.5, 0.6) is 0 Å². The van der Waals surface area contributed by atoms with Crippen LogP contribution in [0.25, 0.3) is 0 Å². The average molecular weight is 112 g/mol. The second kappa shape index (κ2) is 1.86. The Balaban J connectivity index is 2.69. The minimum absolute atomic E-state index is 0.118. The summed E-state index contributed by atoms with van der Waals surface area (Å²) < 4.78 is 0. The lowest BCUT2D eigenvalue weighted by molar-refractivity contribution is -0.114. The fourth-order valence-electron chi connectivity index (χ4n) is 0.696. The number of hydrogen-bond donors (Lipinski definition) is 2. The molecule has 3 heteroatoms. The minimum Gasteiger partial charge on any atom is -0.403 e. The molecule has 0 amide bonds. The normalized spacial score (nSPS) is 24.0. The number of nitrogens with two attached hydrogens (primary N) is 1. The molecule has 0 bridgehead atoms. The predicted molar refractivity (Wildman–Crippen MR) is 29.9 cm³/mol. The molecule has 0 saturated carbocycles. The van der Waals surface area contributed by atoms with Gasteiger partial charge in [0, 0.05) is 19.2 Å². The molecule has 1 fully saturated rings. The van der Waals surface area contributed by atoms with Gasteiger partial charge in [0.15, 0.2) is 5.78 Å². The van der Waals surface area contributed by atoms with Gasteiger partial charge in [0.25, 0.3) is 0 Å². The lowest BCUT2D eigenvalue weighted by Crippen LogP contribution is -2.08. The van der Waals surface area contributed by atoms with Gasteiger partial charge in [-0.3, -0.25) is 4.79 Å². The standard InChI is InChI=1S/C5H8N2O/c6-3-4-5(8)1-2-7-4/h3,7H,1-2,6H2. The molecule has 0 aromatic carbocycles. The van der Waals surface area contributed by atoms with Gasteiger partial charge >= 0.3 is 0 Å². The van der Waals surface area contributed by atoms with Crippen molar-refractivity contribution in [1.29, 1.82) is 0 Å². The van der Waals surface area contributed by atoms with E-state index in [9.17, 15) is 4.79 Å². The van der Waals surface area contributed by atoms with Crippen molar-refractivity contribution in [3.8, 4) is 0 Å². The maximum Gasteiger partial charge on any atom is 0.181 e.